The SMILES string of the molecule is Cc1c[nH]c(CN2CCC3(CC2)[C@H](C(=O)O)CC(=O)N3C)c(C)c1=O. The highest BCUT2D eigenvalue weighted by Crippen LogP contribution is 2.42. The molecule has 0 bridgehead atoms. The van der Waals surface area contributed by atoms with E-state index in [0.717, 1.165) is 11.3 Å². The summed E-state index contributed by atoms with van der Waals surface area (Å²) in [6, 6.07) is 0. The zero-order chi connectivity index (χ0) is 18.4. The topological polar surface area (TPSA) is 93.7 Å². The van der Waals surface area contributed by atoms with E-state index in [4.69, 9.17) is 0 Å². The van der Waals surface area contributed by atoms with Crippen LogP contribution in [0, 0.1) is 19.8 Å². The van der Waals surface area contributed by atoms with Crippen molar-refractivity contribution >= 4 is 11.9 Å². The summed E-state index contributed by atoms with van der Waals surface area (Å²) in [5.74, 6) is -1.60. The maximum Gasteiger partial charge on any atom is 0.309 e. The highest BCUT2D eigenvalue weighted by atomic mass is 16.4. The van der Waals surface area contributed by atoms with Crippen LogP contribution in [0.4, 0.5) is 0 Å². The number of aryl methyl sites for hydroxylation is 1. The molecular weight excluding hydrogens is 322 g/mol. The Kier molecular flexibility index (Phi) is 4.45. The van der Waals surface area contributed by atoms with Gasteiger partial charge in [-0.05, 0) is 26.7 Å². The quantitative estimate of drug-likeness (QED) is 0.847. The normalized spacial score (nSPS) is 23.4. The van der Waals surface area contributed by atoms with Gasteiger partial charge < -0.3 is 15.0 Å². The first kappa shape index (κ1) is 17.7. The molecule has 7 nitrogen and oxygen atoms in total. The smallest absolute Gasteiger partial charge is 0.309 e. The lowest BCUT2D eigenvalue weighted by molar-refractivity contribution is -0.146. The predicted octanol–water partition coefficient (Wildman–Crippen LogP) is 0.889. The van der Waals surface area contributed by atoms with Crippen LogP contribution >= 0.6 is 0 Å². The molecule has 1 spiro atoms. The van der Waals surface area contributed by atoms with Gasteiger partial charge in [0.2, 0.25) is 5.91 Å². The van der Waals surface area contributed by atoms with Gasteiger partial charge in [0.15, 0.2) is 5.43 Å². The Morgan fingerprint density at radius 2 is 1.96 bits per heavy atom. The number of rotatable bonds is 3. The van der Waals surface area contributed by atoms with Crippen molar-refractivity contribution in [3.63, 3.8) is 0 Å². The van der Waals surface area contributed by atoms with E-state index in [2.05, 4.69) is 9.88 Å². The number of carboxylic acids is 1. The van der Waals surface area contributed by atoms with E-state index in [1.165, 1.54) is 0 Å². The number of piperidine rings is 1. The summed E-state index contributed by atoms with van der Waals surface area (Å²) >= 11 is 0. The third-order valence-electron chi connectivity index (χ3n) is 6.09. The minimum atomic E-state index is -0.884. The second kappa shape index (κ2) is 6.29. The van der Waals surface area contributed by atoms with Crippen molar-refractivity contribution in [3.8, 4) is 0 Å². The fourth-order valence-corrected chi connectivity index (χ4v) is 4.27. The monoisotopic (exact) mass is 347 g/mol. The van der Waals surface area contributed by atoms with Crippen LogP contribution < -0.4 is 5.43 Å². The van der Waals surface area contributed by atoms with Gasteiger partial charge in [0, 0.05) is 56.1 Å². The molecule has 0 aliphatic carbocycles. The molecule has 0 saturated carbocycles. The van der Waals surface area contributed by atoms with Crippen molar-refractivity contribution in [1.29, 1.82) is 0 Å². The zero-order valence-electron chi connectivity index (χ0n) is 15.0. The van der Waals surface area contributed by atoms with Crippen molar-refractivity contribution in [1.82, 2.24) is 14.8 Å². The molecule has 1 amide bonds. The number of pyridine rings is 1. The van der Waals surface area contributed by atoms with Crippen molar-refractivity contribution in [2.75, 3.05) is 20.1 Å². The van der Waals surface area contributed by atoms with Crippen LogP contribution in [0.2, 0.25) is 0 Å². The van der Waals surface area contributed by atoms with E-state index in [-0.39, 0.29) is 17.8 Å². The number of aromatic amines is 1. The van der Waals surface area contributed by atoms with Crippen molar-refractivity contribution < 1.29 is 14.7 Å². The van der Waals surface area contributed by atoms with Crippen molar-refractivity contribution in [3.05, 3.63) is 33.2 Å². The molecule has 0 aromatic carbocycles. The van der Waals surface area contributed by atoms with Crippen molar-refractivity contribution in [2.45, 2.75) is 45.2 Å². The van der Waals surface area contributed by atoms with Crippen LogP contribution in [-0.4, -0.2) is 57.4 Å². The number of nitrogens with zero attached hydrogens (tertiary/aromatic N) is 2. The van der Waals surface area contributed by atoms with E-state index in [9.17, 15) is 19.5 Å². The second-order valence-corrected chi connectivity index (χ2v) is 7.33. The first-order valence-corrected chi connectivity index (χ1v) is 8.66. The minimum absolute atomic E-state index is 0.0642. The average molecular weight is 347 g/mol. The molecule has 7 heteroatoms. The summed E-state index contributed by atoms with van der Waals surface area (Å²) in [6.07, 6.45) is 3.11. The van der Waals surface area contributed by atoms with Gasteiger partial charge in [-0.15, -0.1) is 0 Å². The molecule has 3 heterocycles. The molecule has 2 saturated heterocycles. The van der Waals surface area contributed by atoms with E-state index < -0.39 is 17.4 Å². The first-order chi connectivity index (χ1) is 11.8. The fraction of sp³-hybridized carbons (Fsp3) is 0.611. The van der Waals surface area contributed by atoms with Gasteiger partial charge in [0.1, 0.15) is 0 Å². The van der Waals surface area contributed by atoms with Gasteiger partial charge in [0.05, 0.1) is 11.5 Å². The average Bonchev–Trinajstić information content (AvgIpc) is 2.83. The molecule has 25 heavy (non-hydrogen) atoms. The summed E-state index contributed by atoms with van der Waals surface area (Å²) in [6.45, 7) is 5.66. The van der Waals surface area contributed by atoms with Crippen LogP contribution in [0.25, 0.3) is 0 Å². The number of H-pyrrole nitrogens is 1. The van der Waals surface area contributed by atoms with Gasteiger partial charge >= 0.3 is 5.97 Å². The molecule has 2 fully saturated rings. The number of aliphatic carboxylic acids is 1. The summed E-state index contributed by atoms with van der Waals surface area (Å²) < 4.78 is 0. The molecule has 3 rings (SSSR count). The summed E-state index contributed by atoms with van der Waals surface area (Å²) in [7, 11) is 1.72. The maximum absolute atomic E-state index is 12.1. The number of amides is 1. The van der Waals surface area contributed by atoms with E-state index >= 15 is 0 Å². The molecule has 136 valence electrons. The number of carbonyl (C=O) groups excluding carboxylic acids is 1. The molecule has 1 atom stereocenters. The Balaban J connectivity index is 1.74. The largest absolute Gasteiger partial charge is 0.481 e. The summed E-state index contributed by atoms with van der Waals surface area (Å²) in [4.78, 5) is 42.8. The third-order valence-corrected chi connectivity index (χ3v) is 6.09. The minimum Gasteiger partial charge on any atom is -0.481 e. The Bertz CT molecular complexity index is 762. The Morgan fingerprint density at radius 1 is 1.32 bits per heavy atom. The Labute approximate surface area is 146 Å². The lowest BCUT2D eigenvalue weighted by atomic mass is 9.77. The fourth-order valence-electron chi connectivity index (χ4n) is 4.27. The van der Waals surface area contributed by atoms with E-state index in [1.807, 2.05) is 6.92 Å². The van der Waals surface area contributed by atoms with Gasteiger partial charge in [-0.25, -0.2) is 0 Å². The van der Waals surface area contributed by atoms with Gasteiger partial charge in [-0.3, -0.25) is 19.3 Å². The van der Waals surface area contributed by atoms with Crippen LogP contribution in [0.1, 0.15) is 36.1 Å². The highest BCUT2D eigenvalue weighted by molar-refractivity contribution is 5.88. The van der Waals surface area contributed by atoms with Gasteiger partial charge in [-0.2, -0.15) is 0 Å². The first-order valence-electron chi connectivity index (χ1n) is 8.66. The molecule has 2 N–H and O–H groups in total. The standard InChI is InChI=1S/C18H25N3O4/c1-11-9-19-14(12(2)16(11)23)10-21-6-4-18(5-7-21)13(17(24)25)8-15(22)20(18)3/h9,13H,4-8,10H2,1-3H3,(H,19,23)(H,24,25)/t13-/m0/s1. The van der Waals surface area contributed by atoms with Gasteiger partial charge in [-0.1, -0.05) is 0 Å². The maximum atomic E-state index is 12.1. The number of aromatic nitrogens is 1. The number of nitrogens with one attached hydrogen (secondary N) is 1. The Morgan fingerprint density at radius 3 is 2.56 bits per heavy atom. The number of carbonyl (C=O) groups is 2. The number of hydrogen-bond acceptors (Lipinski definition) is 4. The third kappa shape index (κ3) is 2.86. The number of likely N-dealkylation sites (tertiary alicyclic amines) is 2. The molecule has 1 aromatic heterocycles. The predicted molar refractivity (Wildman–Crippen MR) is 92.3 cm³/mol. The van der Waals surface area contributed by atoms with Crippen LogP contribution in [0.5, 0.6) is 0 Å². The van der Waals surface area contributed by atoms with Crippen molar-refractivity contribution in [2.24, 2.45) is 5.92 Å². The molecule has 0 unspecified atom stereocenters. The highest BCUT2D eigenvalue weighted by Gasteiger charge is 2.55. The summed E-state index contributed by atoms with van der Waals surface area (Å²) in [5.41, 5.74) is 1.83. The van der Waals surface area contributed by atoms with E-state index in [1.54, 1.807) is 25.1 Å². The van der Waals surface area contributed by atoms with Gasteiger partial charge in [0.25, 0.3) is 0 Å². The summed E-state index contributed by atoms with van der Waals surface area (Å²) in [5, 5.41) is 9.53. The molecule has 0 radical (unpaired) electrons. The zero-order valence-corrected chi connectivity index (χ0v) is 15.0. The number of hydrogen-bond donors (Lipinski definition) is 2. The molecule has 1 aromatic rings. The molecular formula is C18H25N3O4. The lowest BCUT2D eigenvalue weighted by Crippen LogP contribution is -2.56. The molecule has 2 aliphatic rings. The van der Waals surface area contributed by atoms with E-state index in [0.29, 0.717) is 38.0 Å². The second-order valence-electron chi connectivity index (χ2n) is 7.33. The lowest BCUT2D eigenvalue weighted by Gasteiger charge is -2.45. The molecule has 2 aliphatic heterocycles. The van der Waals surface area contributed by atoms with Crippen LogP contribution in [-0.2, 0) is 16.1 Å². The Hall–Kier alpha value is -2.15. The number of carboxylic acid groups (broad SMARTS) is 1. The van der Waals surface area contributed by atoms with Crippen LogP contribution in [0.15, 0.2) is 11.0 Å². The van der Waals surface area contributed by atoms with Crippen LogP contribution in [0.3, 0.4) is 0 Å².